The smallest absolute Gasteiger partial charge is 0.229 e. The maximum atomic E-state index is 12.9. The van der Waals surface area contributed by atoms with Crippen LogP contribution in [0.5, 0.6) is 17.2 Å². The molecular formula is C22H22O10. The van der Waals surface area contributed by atoms with Crippen LogP contribution in [0.4, 0.5) is 0 Å². The van der Waals surface area contributed by atoms with E-state index in [1.54, 1.807) is 12.1 Å². The van der Waals surface area contributed by atoms with Crippen molar-refractivity contribution in [2.24, 2.45) is 0 Å². The zero-order valence-corrected chi connectivity index (χ0v) is 16.9. The highest BCUT2D eigenvalue weighted by Crippen LogP contribution is 2.31. The summed E-state index contributed by atoms with van der Waals surface area (Å²) in [5.41, 5.74) is 0.432. The Morgan fingerprint density at radius 1 is 1.00 bits per heavy atom. The van der Waals surface area contributed by atoms with Crippen molar-refractivity contribution in [3.63, 3.8) is 0 Å². The van der Waals surface area contributed by atoms with Gasteiger partial charge < -0.3 is 44.2 Å². The van der Waals surface area contributed by atoms with E-state index in [2.05, 4.69) is 0 Å². The fourth-order valence-electron chi connectivity index (χ4n) is 3.54. The number of aliphatic hydroxyl groups is 4. The first-order chi connectivity index (χ1) is 15.3. The van der Waals surface area contributed by atoms with E-state index in [1.165, 1.54) is 37.6 Å². The minimum Gasteiger partial charge on any atom is -0.507 e. The average Bonchev–Trinajstić information content (AvgIpc) is 2.80. The highest BCUT2D eigenvalue weighted by Gasteiger charge is 2.44. The first-order valence-electron chi connectivity index (χ1n) is 9.74. The van der Waals surface area contributed by atoms with E-state index in [-0.39, 0.29) is 28.0 Å². The maximum Gasteiger partial charge on any atom is 0.229 e. The van der Waals surface area contributed by atoms with E-state index in [1.807, 2.05) is 0 Å². The summed E-state index contributed by atoms with van der Waals surface area (Å²) in [5.74, 6) is 0.328. The summed E-state index contributed by atoms with van der Waals surface area (Å²) in [6.45, 7) is -0.569. The van der Waals surface area contributed by atoms with Gasteiger partial charge in [0.1, 0.15) is 58.9 Å². The molecule has 10 heteroatoms. The number of phenols is 1. The summed E-state index contributed by atoms with van der Waals surface area (Å²) in [7, 11) is 1.43. The quantitative estimate of drug-likeness (QED) is 0.370. The summed E-state index contributed by atoms with van der Waals surface area (Å²) < 4.78 is 21.4. The van der Waals surface area contributed by atoms with Crippen LogP contribution in [-0.4, -0.2) is 70.0 Å². The molecule has 0 amide bonds. The first-order valence-corrected chi connectivity index (χ1v) is 9.74. The topological polar surface area (TPSA) is 159 Å². The molecule has 1 fully saturated rings. The van der Waals surface area contributed by atoms with Crippen LogP contribution in [0, 0.1) is 0 Å². The summed E-state index contributed by atoms with van der Waals surface area (Å²) >= 11 is 0. The highest BCUT2D eigenvalue weighted by atomic mass is 16.7. The lowest BCUT2D eigenvalue weighted by Crippen LogP contribution is -2.60. The molecule has 170 valence electrons. The fourth-order valence-corrected chi connectivity index (χ4v) is 3.54. The van der Waals surface area contributed by atoms with Crippen molar-refractivity contribution in [1.82, 2.24) is 0 Å². The largest absolute Gasteiger partial charge is 0.507 e. The molecule has 5 N–H and O–H groups in total. The van der Waals surface area contributed by atoms with Crippen LogP contribution in [0.1, 0.15) is 0 Å². The lowest BCUT2D eigenvalue weighted by Gasteiger charge is -2.39. The Labute approximate surface area is 181 Å². The lowest BCUT2D eigenvalue weighted by molar-refractivity contribution is -0.277. The van der Waals surface area contributed by atoms with Crippen molar-refractivity contribution in [3.8, 4) is 28.4 Å². The molecule has 1 aliphatic rings. The minimum atomic E-state index is -1.56. The molecule has 3 aromatic rings. The molecule has 0 unspecified atom stereocenters. The third kappa shape index (κ3) is 3.90. The van der Waals surface area contributed by atoms with E-state index in [0.29, 0.717) is 11.3 Å². The number of phenolic OH excluding ortho intramolecular Hbond substituents is 1. The van der Waals surface area contributed by atoms with Gasteiger partial charge in [0.25, 0.3) is 0 Å². The molecule has 4 rings (SSSR count). The Bertz CT molecular complexity index is 1150. The van der Waals surface area contributed by atoms with E-state index < -0.39 is 42.7 Å². The predicted octanol–water partition coefficient (Wildman–Crippen LogP) is 0.353. The van der Waals surface area contributed by atoms with Crippen LogP contribution < -0.4 is 14.9 Å². The summed E-state index contributed by atoms with van der Waals surface area (Å²) in [6.07, 6.45) is -5.73. The number of hydrogen-bond acceptors (Lipinski definition) is 10. The summed E-state index contributed by atoms with van der Waals surface area (Å²) in [6, 6.07) is 8.97. The molecule has 10 nitrogen and oxygen atoms in total. The molecule has 1 saturated heterocycles. The average molecular weight is 446 g/mol. The fraction of sp³-hybridized carbons (Fsp3) is 0.318. The predicted molar refractivity (Wildman–Crippen MR) is 111 cm³/mol. The molecule has 1 aliphatic heterocycles. The van der Waals surface area contributed by atoms with Crippen molar-refractivity contribution in [2.75, 3.05) is 13.7 Å². The van der Waals surface area contributed by atoms with Crippen LogP contribution in [-0.2, 0) is 4.74 Å². The number of methoxy groups -OCH3 is 1. The Morgan fingerprint density at radius 3 is 2.38 bits per heavy atom. The SMILES string of the molecule is COc1cc(O)c2c(=O)c(-c3ccc(O[C@@H]4O[C@@H](CO)[C@@H](O)[C@@H](O)[C@@H]4O)cc3)coc2c1. The zero-order valence-electron chi connectivity index (χ0n) is 16.9. The van der Waals surface area contributed by atoms with Gasteiger partial charge in [-0.05, 0) is 17.7 Å². The van der Waals surface area contributed by atoms with Crippen LogP contribution in [0.25, 0.3) is 22.1 Å². The highest BCUT2D eigenvalue weighted by molar-refractivity contribution is 5.88. The molecule has 2 aromatic carbocycles. The van der Waals surface area contributed by atoms with Gasteiger partial charge in [-0.3, -0.25) is 4.79 Å². The van der Waals surface area contributed by atoms with Gasteiger partial charge in [0.15, 0.2) is 0 Å². The minimum absolute atomic E-state index is 0.0185. The number of ether oxygens (including phenoxy) is 3. The van der Waals surface area contributed by atoms with Gasteiger partial charge in [0.05, 0.1) is 19.3 Å². The van der Waals surface area contributed by atoms with Crippen molar-refractivity contribution < 1.29 is 44.2 Å². The number of benzene rings is 2. The second-order valence-electron chi connectivity index (χ2n) is 7.34. The number of aliphatic hydroxyl groups excluding tert-OH is 4. The van der Waals surface area contributed by atoms with E-state index in [4.69, 9.17) is 18.6 Å². The van der Waals surface area contributed by atoms with Gasteiger partial charge in [0.2, 0.25) is 11.7 Å². The van der Waals surface area contributed by atoms with Crippen LogP contribution in [0.2, 0.25) is 0 Å². The lowest BCUT2D eigenvalue weighted by atomic mass is 9.99. The maximum absolute atomic E-state index is 12.9. The molecule has 0 radical (unpaired) electrons. The first kappa shape index (κ1) is 22.1. The monoisotopic (exact) mass is 446 g/mol. The molecule has 1 aromatic heterocycles. The Hall–Kier alpha value is -3.15. The van der Waals surface area contributed by atoms with E-state index >= 15 is 0 Å². The van der Waals surface area contributed by atoms with Crippen molar-refractivity contribution in [3.05, 3.63) is 52.9 Å². The summed E-state index contributed by atoms with van der Waals surface area (Å²) in [4.78, 5) is 12.9. The Kier molecular flexibility index (Phi) is 6.04. The molecule has 0 saturated carbocycles. The second kappa shape index (κ2) is 8.77. The third-order valence-electron chi connectivity index (χ3n) is 5.33. The van der Waals surface area contributed by atoms with Gasteiger partial charge >= 0.3 is 0 Å². The van der Waals surface area contributed by atoms with Crippen molar-refractivity contribution >= 4 is 11.0 Å². The zero-order chi connectivity index (χ0) is 23.0. The second-order valence-corrected chi connectivity index (χ2v) is 7.34. The number of hydrogen-bond donors (Lipinski definition) is 5. The van der Waals surface area contributed by atoms with E-state index in [0.717, 1.165) is 0 Å². The van der Waals surface area contributed by atoms with E-state index in [9.17, 15) is 30.3 Å². The van der Waals surface area contributed by atoms with Gasteiger partial charge in [-0.25, -0.2) is 0 Å². The van der Waals surface area contributed by atoms with Crippen LogP contribution in [0.3, 0.4) is 0 Å². The number of fused-ring (bicyclic) bond motifs is 1. The van der Waals surface area contributed by atoms with Crippen molar-refractivity contribution in [2.45, 2.75) is 30.7 Å². The third-order valence-corrected chi connectivity index (χ3v) is 5.33. The molecule has 2 heterocycles. The summed E-state index contributed by atoms with van der Waals surface area (Å²) in [5, 5.41) is 49.3. The number of rotatable bonds is 5. The molecule has 0 aliphatic carbocycles. The Morgan fingerprint density at radius 2 is 1.72 bits per heavy atom. The standard InChI is InChI=1S/C22H22O10/c1-29-12-6-14(24)17-15(7-12)30-9-13(18(17)25)10-2-4-11(5-3-10)31-22-21(28)20(27)19(26)16(8-23)32-22/h2-7,9,16,19-24,26-28H,8H2,1H3/t16-,19+,20+,21-,22+/m0/s1. The molecule has 32 heavy (non-hydrogen) atoms. The molecule has 0 spiro atoms. The molecule has 5 atom stereocenters. The van der Waals surface area contributed by atoms with Crippen molar-refractivity contribution in [1.29, 1.82) is 0 Å². The number of aromatic hydroxyl groups is 1. The van der Waals surface area contributed by atoms with Crippen LogP contribution in [0.15, 0.2) is 51.9 Å². The molecule has 0 bridgehead atoms. The normalized spacial score (nSPS) is 25.6. The Balaban J connectivity index is 1.59. The van der Waals surface area contributed by atoms with Gasteiger partial charge in [0, 0.05) is 12.1 Å². The molecular weight excluding hydrogens is 424 g/mol. The van der Waals surface area contributed by atoms with Gasteiger partial charge in [-0.1, -0.05) is 12.1 Å². The van der Waals surface area contributed by atoms with Gasteiger partial charge in [-0.15, -0.1) is 0 Å². The van der Waals surface area contributed by atoms with Gasteiger partial charge in [-0.2, -0.15) is 0 Å². The van der Waals surface area contributed by atoms with Crippen LogP contribution >= 0.6 is 0 Å².